The first kappa shape index (κ1) is 30.5. The number of carbonyl (C=O) groups is 1. The maximum absolute atomic E-state index is 14.3. The molecule has 2 fully saturated rings. The average molecular weight is 636 g/mol. The summed E-state index contributed by atoms with van der Waals surface area (Å²) in [5.41, 5.74) is 4.43. The molecule has 5 aromatic rings. The maximum atomic E-state index is 14.3. The largest absolute Gasteiger partial charge is 0.478 e. The second-order valence-electron chi connectivity index (χ2n) is 12.1. The van der Waals surface area contributed by atoms with Gasteiger partial charge >= 0.3 is 5.97 Å². The van der Waals surface area contributed by atoms with E-state index in [1.54, 1.807) is 42.2 Å². The van der Waals surface area contributed by atoms with Crippen LogP contribution in [0.3, 0.4) is 0 Å². The summed E-state index contributed by atoms with van der Waals surface area (Å²) in [6.45, 7) is 3.69. The smallest absolute Gasteiger partial charge is 0.336 e. The van der Waals surface area contributed by atoms with Crippen molar-refractivity contribution >= 4 is 17.0 Å². The number of aromatic nitrogens is 5. The Morgan fingerprint density at radius 2 is 1.96 bits per heavy atom. The van der Waals surface area contributed by atoms with Crippen molar-refractivity contribution < 1.29 is 23.8 Å². The summed E-state index contributed by atoms with van der Waals surface area (Å²) in [5, 5.41) is 23.5. The van der Waals surface area contributed by atoms with E-state index in [-0.39, 0.29) is 29.8 Å². The fourth-order valence-electron chi connectivity index (χ4n) is 6.34. The zero-order valence-corrected chi connectivity index (χ0v) is 26.0. The number of carboxylic acids is 1. The Morgan fingerprint density at radius 3 is 2.64 bits per heavy atom. The van der Waals surface area contributed by atoms with Gasteiger partial charge in [-0.05, 0) is 68.8 Å². The first-order chi connectivity index (χ1) is 22.8. The van der Waals surface area contributed by atoms with Crippen LogP contribution in [-0.2, 0) is 31.5 Å². The van der Waals surface area contributed by atoms with Crippen LogP contribution in [0, 0.1) is 17.1 Å². The van der Waals surface area contributed by atoms with Gasteiger partial charge in [-0.25, -0.2) is 19.2 Å². The highest BCUT2D eigenvalue weighted by atomic mass is 19.1. The predicted molar refractivity (Wildman–Crippen MR) is 170 cm³/mol. The SMILES string of the molecule is Cn1ccc(-c2cc3nc(CN4CCC(c5cccc(OCc6ccc(C#N)cc6F)n5)CC4)n(C[C@@H]4CCO4)c3cc2C(=O)O)n1. The standard InChI is InChI=1S/C35H34FN7O4/c1-41-11-9-30(40-41)26-16-31-32(17-27(26)35(44)45)43(19-25-10-14-46-25)33(38-31)20-42-12-7-23(8-13-42)29-3-2-4-34(39-29)47-21-24-6-5-22(18-37)15-28(24)36/h2-6,9,11,15-17,23,25H,7-8,10,12-14,19-21H2,1H3,(H,44,45)/t25-/m0/s1. The highest BCUT2D eigenvalue weighted by molar-refractivity contribution is 6.00. The van der Waals surface area contributed by atoms with Gasteiger partial charge < -0.3 is 19.1 Å². The van der Waals surface area contributed by atoms with Crippen molar-refractivity contribution in [3.05, 3.63) is 94.8 Å². The third kappa shape index (κ3) is 6.45. The van der Waals surface area contributed by atoms with Gasteiger partial charge in [0.25, 0.3) is 0 Å². The summed E-state index contributed by atoms with van der Waals surface area (Å²) in [6.07, 6.45) is 4.64. The van der Waals surface area contributed by atoms with Crippen molar-refractivity contribution in [1.82, 2.24) is 29.2 Å². The number of piperidine rings is 1. The lowest BCUT2D eigenvalue weighted by Gasteiger charge is -2.32. The van der Waals surface area contributed by atoms with Crippen LogP contribution in [-0.4, -0.2) is 66.1 Å². The number of ether oxygens (including phenoxy) is 2. The zero-order valence-electron chi connectivity index (χ0n) is 26.0. The van der Waals surface area contributed by atoms with E-state index in [0.717, 1.165) is 61.5 Å². The molecule has 0 spiro atoms. The number of aryl methyl sites for hydroxylation is 1. The number of imidazole rings is 1. The minimum absolute atomic E-state index is 0.0245. The number of hydrogen-bond acceptors (Lipinski definition) is 8. The van der Waals surface area contributed by atoms with E-state index in [2.05, 4.69) is 14.6 Å². The molecule has 2 saturated heterocycles. The molecule has 5 heterocycles. The Morgan fingerprint density at radius 1 is 1.13 bits per heavy atom. The molecule has 7 rings (SSSR count). The molecule has 0 radical (unpaired) electrons. The van der Waals surface area contributed by atoms with E-state index in [4.69, 9.17) is 24.7 Å². The minimum atomic E-state index is -1.01. The number of nitrogens with zero attached hydrogens (tertiary/aromatic N) is 7. The van der Waals surface area contributed by atoms with Crippen molar-refractivity contribution in [2.75, 3.05) is 19.7 Å². The van der Waals surface area contributed by atoms with Crippen LogP contribution in [0.2, 0.25) is 0 Å². The number of halogens is 1. The van der Waals surface area contributed by atoms with Crippen LogP contribution in [0.1, 0.15) is 58.2 Å². The van der Waals surface area contributed by atoms with E-state index < -0.39 is 11.8 Å². The number of carboxylic acid groups (broad SMARTS) is 1. The Kier molecular flexibility index (Phi) is 8.41. The van der Waals surface area contributed by atoms with Crippen molar-refractivity contribution in [2.24, 2.45) is 7.05 Å². The topological polar surface area (TPSA) is 131 Å². The normalized spacial score (nSPS) is 17.0. The summed E-state index contributed by atoms with van der Waals surface area (Å²) in [5.74, 6) is 0.0896. The molecule has 0 saturated carbocycles. The maximum Gasteiger partial charge on any atom is 0.336 e. The van der Waals surface area contributed by atoms with E-state index in [1.165, 1.54) is 6.07 Å². The lowest BCUT2D eigenvalue weighted by molar-refractivity contribution is -0.0592. The highest BCUT2D eigenvalue weighted by Gasteiger charge is 2.27. The van der Waals surface area contributed by atoms with Crippen LogP contribution in [0.15, 0.2) is 60.8 Å². The summed E-state index contributed by atoms with van der Waals surface area (Å²) in [6, 6.07) is 17.3. The Labute approximate surface area is 270 Å². The monoisotopic (exact) mass is 635 g/mol. The summed E-state index contributed by atoms with van der Waals surface area (Å²) in [7, 11) is 1.80. The predicted octanol–water partition coefficient (Wildman–Crippen LogP) is 5.29. The van der Waals surface area contributed by atoms with Crippen LogP contribution in [0.5, 0.6) is 5.88 Å². The van der Waals surface area contributed by atoms with Gasteiger partial charge in [-0.1, -0.05) is 12.1 Å². The molecule has 0 unspecified atom stereocenters. The van der Waals surface area contributed by atoms with Gasteiger partial charge in [0.1, 0.15) is 18.2 Å². The fraction of sp³-hybridized carbons (Fsp3) is 0.343. The molecule has 2 aliphatic heterocycles. The first-order valence-corrected chi connectivity index (χ1v) is 15.7. The fourth-order valence-corrected chi connectivity index (χ4v) is 6.34. The third-order valence-electron chi connectivity index (χ3n) is 9.04. The van der Waals surface area contributed by atoms with E-state index in [0.29, 0.717) is 35.8 Å². The molecule has 0 amide bonds. The van der Waals surface area contributed by atoms with Gasteiger partial charge in [0.05, 0.1) is 53.1 Å². The average Bonchev–Trinajstić information content (AvgIpc) is 3.64. The van der Waals surface area contributed by atoms with E-state index >= 15 is 0 Å². The molecular formula is C35H34FN7O4. The Balaban J connectivity index is 1.06. The number of aromatic carboxylic acids is 1. The number of benzene rings is 2. The number of likely N-dealkylation sites (tertiary alicyclic amines) is 1. The van der Waals surface area contributed by atoms with Gasteiger partial charge in [-0.15, -0.1) is 0 Å². The molecule has 2 aliphatic rings. The summed E-state index contributed by atoms with van der Waals surface area (Å²) >= 11 is 0. The van der Waals surface area contributed by atoms with Gasteiger partial charge in [0.2, 0.25) is 5.88 Å². The van der Waals surface area contributed by atoms with Crippen molar-refractivity contribution in [3.63, 3.8) is 0 Å². The summed E-state index contributed by atoms with van der Waals surface area (Å²) < 4.78 is 29.7. The zero-order chi connectivity index (χ0) is 32.5. The molecule has 1 atom stereocenters. The molecule has 47 heavy (non-hydrogen) atoms. The first-order valence-electron chi connectivity index (χ1n) is 15.7. The third-order valence-corrected chi connectivity index (χ3v) is 9.04. The van der Waals surface area contributed by atoms with Gasteiger partial charge in [-0.2, -0.15) is 10.4 Å². The van der Waals surface area contributed by atoms with Crippen LogP contribution in [0.25, 0.3) is 22.3 Å². The number of nitriles is 1. The molecule has 11 nitrogen and oxygen atoms in total. The van der Waals surface area contributed by atoms with Crippen molar-refractivity contribution in [2.45, 2.75) is 51.0 Å². The lowest BCUT2D eigenvalue weighted by Crippen LogP contribution is -2.35. The Hall–Kier alpha value is -5.12. The second-order valence-corrected chi connectivity index (χ2v) is 12.1. The lowest BCUT2D eigenvalue weighted by atomic mass is 9.93. The molecule has 2 aromatic carbocycles. The Bertz CT molecular complexity index is 1990. The van der Waals surface area contributed by atoms with Crippen molar-refractivity contribution in [3.8, 4) is 23.2 Å². The van der Waals surface area contributed by atoms with E-state index in [9.17, 15) is 14.3 Å². The number of rotatable bonds is 10. The molecule has 3 aromatic heterocycles. The number of fused-ring (bicyclic) bond motifs is 1. The van der Waals surface area contributed by atoms with Crippen molar-refractivity contribution in [1.29, 1.82) is 5.26 Å². The highest BCUT2D eigenvalue weighted by Crippen LogP contribution is 2.32. The minimum Gasteiger partial charge on any atom is -0.478 e. The van der Waals surface area contributed by atoms with Gasteiger partial charge in [-0.3, -0.25) is 9.58 Å². The molecule has 240 valence electrons. The number of pyridine rings is 1. The quantitative estimate of drug-likeness (QED) is 0.218. The van der Waals surface area contributed by atoms with Crippen LogP contribution in [0.4, 0.5) is 4.39 Å². The molecule has 0 bridgehead atoms. The number of hydrogen-bond donors (Lipinski definition) is 1. The van der Waals surface area contributed by atoms with Gasteiger partial charge in [0.15, 0.2) is 0 Å². The molecule has 0 aliphatic carbocycles. The van der Waals surface area contributed by atoms with Crippen LogP contribution < -0.4 is 4.74 Å². The molecule has 12 heteroatoms. The summed E-state index contributed by atoms with van der Waals surface area (Å²) in [4.78, 5) is 24.5. The van der Waals surface area contributed by atoms with Gasteiger partial charge in [0, 0.05) is 48.7 Å². The molecule has 1 N–H and O–H groups in total. The van der Waals surface area contributed by atoms with E-state index in [1.807, 2.05) is 30.3 Å². The van der Waals surface area contributed by atoms with Crippen LogP contribution >= 0.6 is 0 Å². The second kappa shape index (κ2) is 12.9. The molecular weight excluding hydrogens is 601 g/mol.